The Labute approximate surface area is 140 Å². The maximum absolute atomic E-state index is 12.2. The van der Waals surface area contributed by atoms with Gasteiger partial charge in [0.1, 0.15) is 0 Å². The van der Waals surface area contributed by atoms with Gasteiger partial charge in [0.05, 0.1) is 17.5 Å². The van der Waals surface area contributed by atoms with E-state index in [9.17, 15) is 4.79 Å². The van der Waals surface area contributed by atoms with Crippen LogP contribution < -0.4 is 5.32 Å². The van der Waals surface area contributed by atoms with Crippen LogP contribution in [0.5, 0.6) is 0 Å². The van der Waals surface area contributed by atoms with Crippen LogP contribution >= 0.6 is 11.6 Å². The van der Waals surface area contributed by atoms with Gasteiger partial charge in [0, 0.05) is 18.2 Å². The number of aromatic nitrogens is 3. The Morgan fingerprint density at radius 1 is 1.35 bits per heavy atom. The molecule has 2 rings (SSSR count). The summed E-state index contributed by atoms with van der Waals surface area (Å²) in [6.45, 7) is 6.94. The Kier molecular flexibility index (Phi) is 6.12. The largest absolute Gasteiger partial charge is 0.379 e. The van der Waals surface area contributed by atoms with Crippen LogP contribution in [-0.4, -0.2) is 40.2 Å². The van der Waals surface area contributed by atoms with Crippen molar-refractivity contribution >= 4 is 17.5 Å². The van der Waals surface area contributed by atoms with E-state index in [2.05, 4.69) is 15.6 Å². The molecule has 0 unspecified atom stereocenters. The van der Waals surface area contributed by atoms with Crippen molar-refractivity contribution in [2.24, 2.45) is 0 Å². The van der Waals surface area contributed by atoms with Crippen LogP contribution in [0.2, 0.25) is 5.02 Å². The number of rotatable bonds is 7. The van der Waals surface area contributed by atoms with E-state index in [-0.39, 0.29) is 12.0 Å². The van der Waals surface area contributed by atoms with Crippen molar-refractivity contribution in [3.8, 4) is 5.69 Å². The van der Waals surface area contributed by atoms with Gasteiger partial charge in [0.15, 0.2) is 5.69 Å². The minimum absolute atomic E-state index is 0.201. The number of halogens is 1. The molecule has 0 atom stereocenters. The molecule has 0 fully saturated rings. The van der Waals surface area contributed by atoms with Gasteiger partial charge in [-0.15, -0.1) is 5.10 Å². The van der Waals surface area contributed by atoms with Crippen LogP contribution in [0.25, 0.3) is 5.69 Å². The molecule has 0 aliphatic rings. The molecular weight excluding hydrogens is 316 g/mol. The SMILES string of the molecule is Cc1c(C(=O)NCCCOC(C)C)nnn1-c1ccc(Cl)cc1. The molecule has 0 radical (unpaired) electrons. The number of amides is 1. The van der Waals surface area contributed by atoms with Crippen molar-refractivity contribution in [2.75, 3.05) is 13.2 Å². The molecule has 0 spiro atoms. The molecule has 124 valence electrons. The molecule has 0 saturated heterocycles. The summed E-state index contributed by atoms with van der Waals surface area (Å²) in [5.41, 5.74) is 1.82. The van der Waals surface area contributed by atoms with Crippen molar-refractivity contribution in [3.63, 3.8) is 0 Å². The Bertz CT molecular complexity index is 653. The summed E-state index contributed by atoms with van der Waals surface area (Å²) in [7, 11) is 0. The van der Waals surface area contributed by atoms with Gasteiger partial charge in [-0.3, -0.25) is 4.79 Å². The first kappa shape index (κ1) is 17.4. The number of hydrogen-bond donors (Lipinski definition) is 1. The summed E-state index contributed by atoms with van der Waals surface area (Å²) in [5, 5.41) is 11.5. The summed E-state index contributed by atoms with van der Waals surface area (Å²) in [6.07, 6.45) is 0.959. The third-order valence-corrected chi connectivity index (χ3v) is 3.49. The third kappa shape index (κ3) is 4.77. The Balaban J connectivity index is 1.96. The topological polar surface area (TPSA) is 69.0 Å². The molecule has 6 nitrogen and oxygen atoms in total. The molecule has 0 bridgehead atoms. The molecule has 0 saturated carbocycles. The molecule has 1 aromatic carbocycles. The van der Waals surface area contributed by atoms with Crippen LogP contribution in [0.15, 0.2) is 24.3 Å². The number of nitrogens with zero attached hydrogens (tertiary/aromatic N) is 3. The summed E-state index contributed by atoms with van der Waals surface area (Å²) >= 11 is 5.88. The lowest BCUT2D eigenvalue weighted by atomic mass is 10.3. The van der Waals surface area contributed by atoms with Gasteiger partial charge in [-0.25, -0.2) is 4.68 Å². The van der Waals surface area contributed by atoms with Crippen molar-refractivity contribution in [1.82, 2.24) is 20.3 Å². The van der Waals surface area contributed by atoms with Gasteiger partial charge < -0.3 is 10.1 Å². The molecule has 1 N–H and O–H groups in total. The zero-order valence-electron chi connectivity index (χ0n) is 13.5. The third-order valence-electron chi connectivity index (χ3n) is 3.24. The quantitative estimate of drug-likeness (QED) is 0.789. The predicted molar refractivity (Wildman–Crippen MR) is 89.1 cm³/mol. The lowest BCUT2D eigenvalue weighted by molar-refractivity contribution is 0.0756. The zero-order valence-corrected chi connectivity index (χ0v) is 14.3. The highest BCUT2D eigenvalue weighted by atomic mass is 35.5. The minimum atomic E-state index is -0.229. The van der Waals surface area contributed by atoms with Gasteiger partial charge in [0.25, 0.3) is 5.91 Å². The molecule has 23 heavy (non-hydrogen) atoms. The van der Waals surface area contributed by atoms with E-state index in [0.717, 1.165) is 12.1 Å². The highest BCUT2D eigenvalue weighted by Gasteiger charge is 2.16. The van der Waals surface area contributed by atoms with E-state index in [1.165, 1.54) is 0 Å². The smallest absolute Gasteiger partial charge is 0.273 e. The second kappa shape index (κ2) is 8.08. The number of benzene rings is 1. The average Bonchev–Trinajstić information content (AvgIpc) is 2.89. The monoisotopic (exact) mass is 336 g/mol. The molecule has 0 aliphatic carbocycles. The fraction of sp³-hybridized carbons (Fsp3) is 0.438. The van der Waals surface area contributed by atoms with E-state index in [1.807, 2.05) is 32.9 Å². The molecule has 2 aromatic rings. The van der Waals surface area contributed by atoms with Gasteiger partial charge in [-0.05, 0) is 51.5 Å². The van der Waals surface area contributed by atoms with E-state index in [1.54, 1.807) is 16.8 Å². The highest BCUT2D eigenvalue weighted by molar-refractivity contribution is 6.30. The highest BCUT2D eigenvalue weighted by Crippen LogP contribution is 2.15. The fourth-order valence-corrected chi connectivity index (χ4v) is 2.17. The standard InChI is InChI=1S/C16H21ClN4O2/c1-11(2)23-10-4-9-18-16(22)15-12(3)21(20-19-15)14-7-5-13(17)6-8-14/h5-8,11H,4,9-10H2,1-3H3,(H,18,22). The number of hydrogen-bond acceptors (Lipinski definition) is 4. The maximum atomic E-state index is 12.2. The average molecular weight is 337 g/mol. The molecule has 7 heteroatoms. The van der Waals surface area contributed by atoms with Crippen molar-refractivity contribution in [3.05, 3.63) is 40.7 Å². The van der Waals surface area contributed by atoms with Gasteiger partial charge in [-0.1, -0.05) is 16.8 Å². The second-order valence-corrected chi connectivity index (χ2v) is 5.88. The van der Waals surface area contributed by atoms with E-state index < -0.39 is 0 Å². The van der Waals surface area contributed by atoms with E-state index in [0.29, 0.717) is 29.6 Å². The molecule has 1 aromatic heterocycles. The first-order valence-electron chi connectivity index (χ1n) is 7.57. The predicted octanol–water partition coefficient (Wildman–Crippen LogP) is 2.77. The fourth-order valence-electron chi connectivity index (χ4n) is 2.04. The minimum Gasteiger partial charge on any atom is -0.379 e. The Morgan fingerprint density at radius 2 is 2.04 bits per heavy atom. The zero-order chi connectivity index (χ0) is 16.8. The first-order valence-corrected chi connectivity index (χ1v) is 7.95. The molecule has 1 heterocycles. The number of carbonyl (C=O) groups is 1. The van der Waals surface area contributed by atoms with Gasteiger partial charge in [-0.2, -0.15) is 0 Å². The Morgan fingerprint density at radius 3 is 2.70 bits per heavy atom. The van der Waals surface area contributed by atoms with Crippen LogP contribution in [0, 0.1) is 6.92 Å². The molecule has 0 aliphatic heterocycles. The number of nitrogens with one attached hydrogen (secondary N) is 1. The van der Waals surface area contributed by atoms with Gasteiger partial charge in [0.2, 0.25) is 0 Å². The van der Waals surface area contributed by atoms with E-state index in [4.69, 9.17) is 16.3 Å². The second-order valence-electron chi connectivity index (χ2n) is 5.44. The summed E-state index contributed by atoms with van der Waals surface area (Å²) in [4.78, 5) is 12.2. The van der Waals surface area contributed by atoms with Crippen LogP contribution in [-0.2, 0) is 4.74 Å². The van der Waals surface area contributed by atoms with Crippen molar-refractivity contribution < 1.29 is 9.53 Å². The van der Waals surface area contributed by atoms with Crippen LogP contribution in [0.3, 0.4) is 0 Å². The maximum Gasteiger partial charge on any atom is 0.273 e. The lowest BCUT2D eigenvalue weighted by Crippen LogP contribution is -2.26. The first-order chi connectivity index (χ1) is 11.0. The molecule has 1 amide bonds. The summed E-state index contributed by atoms with van der Waals surface area (Å²) < 4.78 is 7.05. The summed E-state index contributed by atoms with van der Waals surface area (Å²) in [6, 6.07) is 7.20. The van der Waals surface area contributed by atoms with Crippen molar-refractivity contribution in [2.45, 2.75) is 33.3 Å². The molecular formula is C16H21ClN4O2. The van der Waals surface area contributed by atoms with Crippen LogP contribution in [0.1, 0.15) is 36.5 Å². The van der Waals surface area contributed by atoms with Crippen LogP contribution in [0.4, 0.5) is 0 Å². The van der Waals surface area contributed by atoms with E-state index >= 15 is 0 Å². The van der Waals surface area contributed by atoms with Crippen molar-refractivity contribution in [1.29, 1.82) is 0 Å². The normalized spacial score (nSPS) is 11.0. The van der Waals surface area contributed by atoms with Gasteiger partial charge >= 0.3 is 0 Å². The Hall–Kier alpha value is -1.92. The summed E-state index contributed by atoms with van der Waals surface area (Å²) in [5.74, 6) is -0.229. The number of carbonyl (C=O) groups excluding carboxylic acids is 1. The number of ether oxygens (including phenoxy) is 1. The lowest BCUT2D eigenvalue weighted by Gasteiger charge is -2.08.